The van der Waals surface area contributed by atoms with E-state index in [9.17, 15) is 14.7 Å². The zero-order valence-corrected chi connectivity index (χ0v) is 19.2. The normalized spacial score (nSPS) is 16.1. The van der Waals surface area contributed by atoms with Gasteiger partial charge in [0.05, 0.1) is 32.9 Å². The fourth-order valence-electron chi connectivity index (χ4n) is 3.51. The van der Waals surface area contributed by atoms with Crippen molar-refractivity contribution in [2.45, 2.75) is 19.9 Å². The van der Waals surface area contributed by atoms with E-state index in [2.05, 4.69) is 20.9 Å². The van der Waals surface area contributed by atoms with Crippen LogP contribution in [0.4, 0.5) is 0 Å². The van der Waals surface area contributed by atoms with Crippen molar-refractivity contribution in [1.82, 2.24) is 4.57 Å². The summed E-state index contributed by atoms with van der Waals surface area (Å²) in [6.45, 7) is 3.74. The number of phenols is 1. The smallest absolute Gasteiger partial charge is 0.338 e. The van der Waals surface area contributed by atoms with Crippen LogP contribution in [0.1, 0.15) is 31.0 Å². The second kappa shape index (κ2) is 8.64. The molecule has 0 spiro atoms. The highest BCUT2D eigenvalue weighted by Gasteiger charge is 2.33. The lowest BCUT2D eigenvalue weighted by Gasteiger charge is -2.24. The molecule has 158 valence electrons. The van der Waals surface area contributed by atoms with Gasteiger partial charge in [-0.05, 0) is 59.1 Å². The van der Waals surface area contributed by atoms with Crippen molar-refractivity contribution in [3.63, 3.8) is 0 Å². The van der Waals surface area contributed by atoms with Gasteiger partial charge >= 0.3 is 5.97 Å². The molecule has 1 aliphatic rings. The monoisotopic (exact) mass is 498 g/mol. The number of hydrogen-bond acceptors (Lipinski definition) is 6. The molecule has 1 aromatic heterocycles. The highest BCUT2D eigenvalue weighted by Crippen LogP contribution is 2.30. The molecule has 1 aliphatic heterocycles. The van der Waals surface area contributed by atoms with Crippen LogP contribution in [-0.2, 0) is 9.53 Å². The molecule has 2 aromatic carbocycles. The van der Waals surface area contributed by atoms with Crippen molar-refractivity contribution in [1.29, 1.82) is 0 Å². The number of fused-ring (bicyclic) bond motifs is 1. The van der Waals surface area contributed by atoms with Crippen molar-refractivity contribution in [2.75, 3.05) is 6.61 Å². The molecule has 0 saturated carbocycles. The lowest BCUT2D eigenvalue weighted by atomic mass is 9.96. The zero-order valence-electron chi connectivity index (χ0n) is 16.8. The van der Waals surface area contributed by atoms with Crippen LogP contribution in [0.2, 0.25) is 0 Å². The Kier molecular flexibility index (Phi) is 5.93. The van der Waals surface area contributed by atoms with Gasteiger partial charge in [-0.2, -0.15) is 0 Å². The molecule has 2 heterocycles. The highest BCUT2D eigenvalue weighted by atomic mass is 79.9. The molecule has 31 heavy (non-hydrogen) atoms. The number of phenolic OH excluding ortho intramolecular Hbond substituents is 1. The quantitative estimate of drug-likeness (QED) is 0.559. The number of nitrogens with zero attached hydrogens (tertiary/aromatic N) is 2. The number of benzene rings is 2. The largest absolute Gasteiger partial charge is 0.507 e. The minimum Gasteiger partial charge on any atom is -0.507 e. The summed E-state index contributed by atoms with van der Waals surface area (Å²) in [6, 6.07) is 13.8. The third-order valence-electron chi connectivity index (χ3n) is 4.90. The predicted molar refractivity (Wildman–Crippen MR) is 123 cm³/mol. The summed E-state index contributed by atoms with van der Waals surface area (Å²) in [6.07, 6.45) is 1.75. The Morgan fingerprint density at radius 1 is 1.29 bits per heavy atom. The third kappa shape index (κ3) is 4.00. The molecule has 0 aliphatic carbocycles. The van der Waals surface area contributed by atoms with Crippen molar-refractivity contribution in [3.8, 4) is 5.75 Å². The van der Waals surface area contributed by atoms with Crippen LogP contribution in [0, 0.1) is 0 Å². The van der Waals surface area contributed by atoms with Crippen LogP contribution in [0.5, 0.6) is 5.75 Å². The number of carbonyl (C=O) groups excluding carboxylic acids is 1. The average Bonchev–Trinajstić information content (AvgIpc) is 3.05. The maximum absolute atomic E-state index is 13.4. The zero-order chi connectivity index (χ0) is 22.1. The van der Waals surface area contributed by atoms with Crippen LogP contribution >= 0.6 is 27.3 Å². The van der Waals surface area contributed by atoms with Gasteiger partial charge in [0.15, 0.2) is 4.80 Å². The molecular formula is C23H19BrN2O4S. The first-order chi connectivity index (χ1) is 14.9. The number of hydrogen-bond donors (Lipinski definition) is 1. The summed E-state index contributed by atoms with van der Waals surface area (Å²) >= 11 is 4.56. The highest BCUT2D eigenvalue weighted by molar-refractivity contribution is 9.10. The fraction of sp³-hybridized carbons (Fsp3) is 0.174. The number of allylic oxidation sites excluding steroid dienone is 1. The van der Waals surface area contributed by atoms with Crippen molar-refractivity contribution >= 4 is 39.3 Å². The number of halogens is 1. The van der Waals surface area contributed by atoms with Gasteiger partial charge in [-0.15, -0.1) is 0 Å². The van der Waals surface area contributed by atoms with Crippen molar-refractivity contribution < 1.29 is 14.6 Å². The number of rotatable bonds is 4. The molecule has 1 atom stereocenters. The minimum absolute atomic E-state index is 0.123. The Bertz CT molecular complexity index is 1370. The van der Waals surface area contributed by atoms with Gasteiger partial charge in [0.1, 0.15) is 5.75 Å². The first kappa shape index (κ1) is 21.3. The first-order valence-electron chi connectivity index (χ1n) is 9.64. The second-order valence-electron chi connectivity index (χ2n) is 6.92. The Balaban J connectivity index is 1.95. The number of aromatic hydroxyl groups is 1. The maximum Gasteiger partial charge on any atom is 0.338 e. The summed E-state index contributed by atoms with van der Waals surface area (Å²) in [4.78, 5) is 31.3. The number of ether oxygens (including phenoxy) is 1. The lowest BCUT2D eigenvalue weighted by molar-refractivity contribution is -0.139. The molecule has 3 aromatic rings. The van der Waals surface area contributed by atoms with E-state index in [4.69, 9.17) is 4.74 Å². The summed E-state index contributed by atoms with van der Waals surface area (Å²) in [5.41, 5.74) is 2.22. The Morgan fingerprint density at radius 3 is 2.71 bits per heavy atom. The molecule has 0 saturated heterocycles. The van der Waals surface area contributed by atoms with E-state index in [0.29, 0.717) is 25.1 Å². The van der Waals surface area contributed by atoms with E-state index >= 15 is 0 Å². The summed E-state index contributed by atoms with van der Waals surface area (Å²) in [7, 11) is 0. The molecule has 0 radical (unpaired) electrons. The van der Waals surface area contributed by atoms with E-state index < -0.39 is 12.0 Å². The van der Waals surface area contributed by atoms with Crippen molar-refractivity contribution in [3.05, 3.63) is 95.1 Å². The SMILES string of the molecule is CCOC(=O)C1=C(C)N=c2s/c(=C/c3ccc(O)c(Br)c3)c(=O)n2[C@@H]1c1ccccc1. The molecule has 8 heteroatoms. The van der Waals surface area contributed by atoms with E-state index in [1.54, 1.807) is 42.7 Å². The van der Waals surface area contributed by atoms with Gasteiger partial charge in [0.2, 0.25) is 0 Å². The third-order valence-corrected chi connectivity index (χ3v) is 6.52. The molecule has 0 fully saturated rings. The van der Waals surface area contributed by atoms with Gasteiger partial charge in [-0.3, -0.25) is 9.36 Å². The van der Waals surface area contributed by atoms with Crippen LogP contribution in [-0.4, -0.2) is 22.2 Å². The Hall–Kier alpha value is -2.97. The predicted octanol–water partition coefficient (Wildman–Crippen LogP) is 3.27. The van der Waals surface area contributed by atoms with Crippen LogP contribution in [0.25, 0.3) is 6.08 Å². The molecular weight excluding hydrogens is 480 g/mol. The summed E-state index contributed by atoms with van der Waals surface area (Å²) in [5.74, 6) is -0.355. The second-order valence-corrected chi connectivity index (χ2v) is 8.79. The molecule has 6 nitrogen and oxygen atoms in total. The average molecular weight is 499 g/mol. The van der Waals surface area contributed by atoms with Gasteiger partial charge in [-0.1, -0.05) is 47.7 Å². The van der Waals surface area contributed by atoms with E-state index in [1.165, 1.54) is 11.3 Å². The van der Waals surface area contributed by atoms with Gasteiger partial charge in [0, 0.05) is 0 Å². The van der Waals surface area contributed by atoms with E-state index in [0.717, 1.165) is 11.1 Å². The molecule has 0 unspecified atom stereocenters. The summed E-state index contributed by atoms with van der Waals surface area (Å²) < 4.78 is 7.86. The molecule has 4 rings (SSSR count). The van der Waals surface area contributed by atoms with Crippen LogP contribution in [0.15, 0.2) is 74.1 Å². The number of carbonyl (C=O) groups is 1. The molecule has 0 bridgehead atoms. The standard InChI is InChI=1S/C23H19BrN2O4S/c1-3-30-22(29)19-13(2)25-23-26(20(19)15-7-5-4-6-8-15)21(28)18(31-23)12-14-9-10-17(27)16(24)11-14/h4-12,20,27H,3H2,1-2H3/b18-12+/t20-/m1/s1. The number of aromatic nitrogens is 1. The van der Waals surface area contributed by atoms with Crippen LogP contribution in [0.3, 0.4) is 0 Å². The maximum atomic E-state index is 13.4. The first-order valence-corrected chi connectivity index (χ1v) is 11.2. The van der Waals surface area contributed by atoms with E-state index in [-0.39, 0.29) is 17.9 Å². The Morgan fingerprint density at radius 2 is 2.03 bits per heavy atom. The number of esters is 1. The topological polar surface area (TPSA) is 80.9 Å². The van der Waals surface area contributed by atoms with Gasteiger partial charge < -0.3 is 9.84 Å². The lowest BCUT2D eigenvalue weighted by Crippen LogP contribution is -2.39. The van der Waals surface area contributed by atoms with Gasteiger partial charge in [0.25, 0.3) is 5.56 Å². The number of thiazole rings is 1. The molecule has 0 amide bonds. The Labute approximate surface area is 190 Å². The summed E-state index contributed by atoms with van der Waals surface area (Å²) in [5, 5.41) is 9.72. The van der Waals surface area contributed by atoms with Gasteiger partial charge in [-0.25, -0.2) is 9.79 Å². The van der Waals surface area contributed by atoms with E-state index in [1.807, 2.05) is 30.3 Å². The van der Waals surface area contributed by atoms with Crippen LogP contribution < -0.4 is 14.9 Å². The van der Waals surface area contributed by atoms with Crippen molar-refractivity contribution in [2.24, 2.45) is 4.99 Å². The fourth-order valence-corrected chi connectivity index (χ4v) is 4.95. The molecule has 1 N–H and O–H groups in total. The minimum atomic E-state index is -0.620.